The Morgan fingerprint density at radius 1 is 0.844 bits per heavy atom. The van der Waals surface area contributed by atoms with Crippen LogP contribution in [0.5, 0.6) is 0 Å². The molecule has 0 bridgehead atoms. The molecule has 3 N–H and O–H groups in total. The van der Waals surface area contributed by atoms with Crippen molar-refractivity contribution in [2.75, 3.05) is 24.4 Å². The summed E-state index contributed by atoms with van der Waals surface area (Å²) in [7, 11) is 3.75. The summed E-state index contributed by atoms with van der Waals surface area (Å²) in [4.78, 5) is 25.9. The second-order valence-corrected chi connectivity index (χ2v) is 7.19. The first-order valence-electron chi connectivity index (χ1n) is 10.3. The van der Waals surface area contributed by atoms with Gasteiger partial charge in [-0.05, 0) is 38.4 Å². The number of hydrogen-bond acceptors (Lipinski definition) is 5. The monoisotopic (exact) mass is 429 g/mol. The third-order valence-corrected chi connectivity index (χ3v) is 4.59. The highest BCUT2D eigenvalue weighted by Gasteiger charge is 2.53. The number of hydrazone groups is 1. The highest BCUT2D eigenvalue weighted by molar-refractivity contribution is 6.30. The maximum absolute atomic E-state index is 13.7. The maximum Gasteiger partial charge on any atom is 0.300 e. The summed E-state index contributed by atoms with van der Waals surface area (Å²) in [6.45, 7) is 1.38. The van der Waals surface area contributed by atoms with Crippen LogP contribution in [0.2, 0.25) is 0 Å². The van der Waals surface area contributed by atoms with E-state index >= 15 is 0 Å². The van der Waals surface area contributed by atoms with E-state index in [0.29, 0.717) is 17.1 Å². The van der Waals surface area contributed by atoms with Crippen LogP contribution in [0.4, 0.5) is 11.4 Å². The first-order chi connectivity index (χ1) is 15.5. The largest absolute Gasteiger partial charge is 0.350 e. The molecule has 3 aromatic carbocycles. The van der Waals surface area contributed by atoms with Crippen molar-refractivity contribution in [3.63, 3.8) is 0 Å². The van der Waals surface area contributed by atoms with Gasteiger partial charge >= 0.3 is 5.91 Å². The predicted molar refractivity (Wildman–Crippen MR) is 129 cm³/mol. The fourth-order valence-corrected chi connectivity index (χ4v) is 3.35. The zero-order valence-electron chi connectivity index (χ0n) is 18.4. The van der Waals surface area contributed by atoms with E-state index in [4.69, 9.17) is 0 Å². The van der Waals surface area contributed by atoms with Crippen LogP contribution in [0.25, 0.3) is 0 Å². The molecular formula is C25H27N5O2. The number of benzene rings is 3. The van der Waals surface area contributed by atoms with Crippen molar-refractivity contribution in [1.29, 1.82) is 0 Å². The number of hydrogen-bond donors (Lipinski definition) is 3. The van der Waals surface area contributed by atoms with Crippen LogP contribution in [0, 0.1) is 0 Å². The summed E-state index contributed by atoms with van der Waals surface area (Å²) in [5.41, 5.74) is 0.924. The van der Waals surface area contributed by atoms with E-state index in [-0.39, 0.29) is 11.8 Å². The average Bonchev–Trinajstić information content (AvgIpc) is 3.07. The van der Waals surface area contributed by atoms with Crippen molar-refractivity contribution in [2.24, 2.45) is 5.10 Å². The number of carbonyl (C=O) groups is 2. The Hall–Kier alpha value is -3.97. The minimum atomic E-state index is -1.54. The molecule has 32 heavy (non-hydrogen) atoms. The molecule has 1 unspecified atom stereocenters. The van der Waals surface area contributed by atoms with Crippen LogP contribution >= 0.6 is 0 Å². The number of nitrogens with one attached hydrogen (secondary N) is 3. The zero-order chi connectivity index (χ0) is 23.0. The van der Waals surface area contributed by atoms with Gasteiger partial charge in [0.05, 0.1) is 5.69 Å². The van der Waals surface area contributed by atoms with E-state index in [1.807, 2.05) is 93.0 Å². The topological polar surface area (TPSA) is 85.8 Å². The molecule has 2 amide bonds. The Morgan fingerprint density at radius 3 is 1.88 bits per heavy atom. The summed E-state index contributed by atoms with van der Waals surface area (Å²) >= 11 is 0. The second-order valence-electron chi connectivity index (χ2n) is 7.19. The summed E-state index contributed by atoms with van der Waals surface area (Å²) in [5.74, 6) is -0.734. The van der Waals surface area contributed by atoms with Crippen LogP contribution in [0.15, 0.2) is 96.1 Å². The zero-order valence-corrected chi connectivity index (χ0v) is 18.4. The molecule has 4 rings (SSSR count). The van der Waals surface area contributed by atoms with E-state index in [0.717, 1.165) is 5.56 Å². The lowest BCUT2D eigenvalue weighted by molar-refractivity contribution is -0.127. The molecule has 1 aliphatic heterocycles. The Morgan fingerprint density at radius 2 is 1.34 bits per heavy atom. The van der Waals surface area contributed by atoms with Crippen molar-refractivity contribution < 1.29 is 9.59 Å². The van der Waals surface area contributed by atoms with Crippen LogP contribution in [-0.4, -0.2) is 37.3 Å². The van der Waals surface area contributed by atoms with Crippen LogP contribution < -0.4 is 21.0 Å². The molecule has 7 heteroatoms. The van der Waals surface area contributed by atoms with Crippen molar-refractivity contribution in [1.82, 2.24) is 10.6 Å². The average molecular weight is 430 g/mol. The van der Waals surface area contributed by atoms with Crippen molar-refractivity contribution in [3.8, 4) is 0 Å². The first kappa shape index (κ1) is 22.7. The normalized spacial score (nSPS) is 17.2. The Bertz CT molecular complexity index is 1070. The lowest BCUT2D eigenvalue weighted by Gasteiger charge is -2.31. The Balaban J connectivity index is 0.000000913. The van der Waals surface area contributed by atoms with E-state index in [2.05, 4.69) is 21.1 Å². The Labute approximate surface area is 188 Å². The van der Waals surface area contributed by atoms with Gasteiger partial charge in [0.2, 0.25) is 11.6 Å². The van der Waals surface area contributed by atoms with Gasteiger partial charge in [-0.3, -0.25) is 9.59 Å². The fourth-order valence-electron chi connectivity index (χ4n) is 3.35. The smallest absolute Gasteiger partial charge is 0.300 e. The van der Waals surface area contributed by atoms with Gasteiger partial charge in [0, 0.05) is 18.2 Å². The molecule has 0 aliphatic carbocycles. The van der Waals surface area contributed by atoms with Gasteiger partial charge in [0.25, 0.3) is 0 Å². The number of amides is 2. The highest BCUT2D eigenvalue weighted by atomic mass is 16.2. The molecule has 7 nitrogen and oxygen atoms in total. The molecule has 0 spiro atoms. The van der Waals surface area contributed by atoms with E-state index < -0.39 is 5.66 Å². The highest BCUT2D eigenvalue weighted by Crippen LogP contribution is 2.31. The molecule has 0 saturated heterocycles. The number of carbonyl (C=O) groups excluding carboxylic acids is 2. The molecule has 3 aromatic rings. The van der Waals surface area contributed by atoms with Crippen molar-refractivity contribution in [3.05, 3.63) is 96.6 Å². The van der Waals surface area contributed by atoms with Gasteiger partial charge in [0.15, 0.2) is 0 Å². The molecule has 1 aliphatic rings. The van der Waals surface area contributed by atoms with E-state index in [1.165, 1.54) is 11.9 Å². The first-order valence-corrected chi connectivity index (χ1v) is 10.3. The van der Waals surface area contributed by atoms with Gasteiger partial charge in [-0.2, -0.15) is 10.1 Å². The molecule has 0 saturated carbocycles. The van der Waals surface area contributed by atoms with Gasteiger partial charge in [-0.25, -0.2) is 0 Å². The number of anilines is 2. The summed E-state index contributed by atoms with van der Waals surface area (Å²) in [6.07, 6.45) is 0. The van der Waals surface area contributed by atoms with Crippen LogP contribution in [0.3, 0.4) is 0 Å². The number of nitrogens with zero attached hydrogens (tertiary/aromatic N) is 2. The maximum atomic E-state index is 13.7. The van der Waals surface area contributed by atoms with E-state index in [1.54, 1.807) is 12.1 Å². The molecule has 0 fully saturated rings. The summed E-state index contributed by atoms with van der Waals surface area (Å²) in [6, 6.07) is 27.8. The molecule has 1 atom stereocenters. The lowest BCUT2D eigenvalue weighted by atomic mass is 9.95. The second kappa shape index (κ2) is 10.4. The minimum absolute atomic E-state index is 0.347. The summed E-state index contributed by atoms with van der Waals surface area (Å²) in [5, 5.41) is 14.8. The molecule has 0 radical (unpaired) electrons. The molecule has 164 valence electrons. The lowest BCUT2D eigenvalue weighted by Crippen LogP contribution is -2.64. The SMILES string of the molecule is CC(=O)NC1(Nc2ccccc2)C(=O)N(c2ccccc2)N=C1c1ccccc1.CNC. The Kier molecular flexibility index (Phi) is 7.36. The molecular weight excluding hydrogens is 402 g/mol. The third kappa shape index (κ3) is 4.84. The fraction of sp³-hybridized carbons (Fsp3) is 0.160. The standard InChI is InChI=1S/C23H20N4O2.C2H7N/c1-17(28)24-23(25-19-13-7-3-8-14-19)21(18-11-5-2-6-12-18)26-27(22(23)29)20-15-9-4-10-16-20;1-3-2/h2-16,25H,1H3,(H,24,28);3H,1-2H3. The minimum Gasteiger partial charge on any atom is -0.350 e. The predicted octanol–water partition coefficient (Wildman–Crippen LogP) is 3.22. The van der Waals surface area contributed by atoms with Gasteiger partial charge < -0.3 is 16.0 Å². The van der Waals surface area contributed by atoms with Gasteiger partial charge in [0.1, 0.15) is 5.71 Å². The molecule has 0 aromatic heterocycles. The van der Waals surface area contributed by atoms with Gasteiger partial charge in [-0.1, -0.05) is 66.7 Å². The summed E-state index contributed by atoms with van der Waals surface area (Å²) < 4.78 is 0. The van der Waals surface area contributed by atoms with Crippen LogP contribution in [-0.2, 0) is 9.59 Å². The van der Waals surface area contributed by atoms with Gasteiger partial charge in [-0.15, -0.1) is 0 Å². The van der Waals surface area contributed by atoms with E-state index in [9.17, 15) is 9.59 Å². The number of para-hydroxylation sites is 2. The quantitative estimate of drug-likeness (QED) is 0.544. The third-order valence-electron chi connectivity index (χ3n) is 4.59. The molecule has 1 heterocycles. The van der Waals surface area contributed by atoms with Crippen LogP contribution in [0.1, 0.15) is 12.5 Å². The van der Waals surface area contributed by atoms with Crippen molar-refractivity contribution in [2.45, 2.75) is 12.6 Å². The van der Waals surface area contributed by atoms with Crippen molar-refractivity contribution >= 4 is 28.9 Å². The number of rotatable bonds is 5.